The van der Waals surface area contributed by atoms with Crippen molar-refractivity contribution in [2.75, 3.05) is 6.54 Å². The van der Waals surface area contributed by atoms with Crippen LogP contribution >= 0.6 is 0 Å². The third-order valence-corrected chi connectivity index (χ3v) is 2.27. The number of aromatic nitrogens is 1. The average Bonchev–Trinajstić information content (AvgIpc) is 2.36. The molecule has 3 N–H and O–H groups in total. The molecule has 6 nitrogen and oxygen atoms in total. The van der Waals surface area contributed by atoms with Gasteiger partial charge in [0.25, 0.3) is 0 Å². The Balaban J connectivity index is 2.38. The van der Waals surface area contributed by atoms with Gasteiger partial charge in [0.15, 0.2) is 0 Å². The number of allylic oxidation sites excluding steroid dienone is 1. The van der Waals surface area contributed by atoms with E-state index in [-0.39, 0.29) is 11.7 Å². The van der Waals surface area contributed by atoms with Crippen molar-refractivity contribution in [3.05, 3.63) is 41.2 Å². The minimum atomic E-state index is -1.07. The Morgan fingerprint density at radius 3 is 2.58 bits per heavy atom. The van der Waals surface area contributed by atoms with Gasteiger partial charge in [0.2, 0.25) is 0 Å². The predicted molar refractivity (Wildman–Crippen MR) is 70.9 cm³/mol. The van der Waals surface area contributed by atoms with Gasteiger partial charge in [0, 0.05) is 19.3 Å². The van der Waals surface area contributed by atoms with Crippen LogP contribution in [0.1, 0.15) is 29.9 Å². The Labute approximate surface area is 111 Å². The zero-order valence-electron chi connectivity index (χ0n) is 10.9. The maximum atomic E-state index is 11.4. The van der Waals surface area contributed by atoms with Crippen molar-refractivity contribution in [3.63, 3.8) is 0 Å². The van der Waals surface area contributed by atoms with Crippen molar-refractivity contribution in [3.8, 4) is 0 Å². The van der Waals surface area contributed by atoms with E-state index >= 15 is 0 Å². The summed E-state index contributed by atoms with van der Waals surface area (Å²) in [7, 11) is 0. The molecular weight excluding hydrogens is 246 g/mol. The number of carbonyl (C=O) groups is 2. The smallest absolute Gasteiger partial charge is 0.354 e. The lowest BCUT2D eigenvalue weighted by Gasteiger charge is -2.06. The number of carbonyl (C=O) groups excluding carboxylic acids is 1. The summed E-state index contributed by atoms with van der Waals surface area (Å²) < 4.78 is 0. The van der Waals surface area contributed by atoms with Crippen molar-refractivity contribution < 1.29 is 14.7 Å². The molecule has 0 unspecified atom stereocenters. The molecule has 0 aliphatic rings. The molecule has 1 aromatic rings. The highest BCUT2D eigenvalue weighted by molar-refractivity contribution is 5.85. The van der Waals surface area contributed by atoms with Gasteiger partial charge in [-0.05, 0) is 25.5 Å². The molecule has 0 saturated carbocycles. The molecular formula is C13H17N3O3. The second-order valence-electron chi connectivity index (χ2n) is 4.20. The number of pyridine rings is 1. The first-order valence-corrected chi connectivity index (χ1v) is 5.82. The molecule has 0 aliphatic carbocycles. The van der Waals surface area contributed by atoms with Gasteiger partial charge in [0.1, 0.15) is 5.69 Å². The van der Waals surface area contributed by atoms with Crippen molar-refractivity contribution in [1.82, 2.24) is 15.6 Å². The lowest BCUT2D eigenvalue weighted by Crippen LogP contribution is -2.35. The molecule has 0 radical (unpaired) electrons. The zero-order chi connectivity index (χ0) is 14.3. The van der Waals surface area contributed by atoms with E-state index in [4.69, 9.17) is 5.11 Å². The molecule has 1 heterocycles. The molecule has 0 spiro atoms. The van der Waals surface area contributed by atoms with E-state index < -0.39 is 5.97 Å². The normalized spacial score (nSPS) is 9.58. The van der Waals surface area contributed by atoms with Gasteiger partial charge in [-0.25, -0.2) is 14.6 Å². The number of nitrogens with one attached hydrogen (secondary N) is 2. The van der Waals surface area contributed by atoms with Crippen LogP contribution in [0, 0.1) is 0 Å². The molecule has 0 atom stereocenters. The lowest BCUT2D eigenvalue weighted by molar-refractivity contribution is 0.0690. The first-order valence-electron chi connectivity index (χ1n) is 5.82. The van der Waals surface area contributed by atoms with Crippen LogP contribution in [0.4, 0.5) is 4.79 Å². The topological polar surface area (TPSA) is 91.3 Å². The van der Waals surface area contributed by atoms with Crippen LogP contribution in [0.3, 0.4) is 0 Å². The quantitative estimate of drug-likeness (QED) is 0.703. The zero-order valence-corrected chi connectivity index (χ0v) is 10.9. The van der Waals surface area contributed by atoms with Crippen molar-refractivity contribution in [1.29, 1.82) is 0 Å². The van der Waals surface area contributed by atoms with Gasteiger partial charge in [0.05, 0.1) is 0 Å². The third-order valence-electron chi connectivity index (χ3n) is 2.27. The van der Waals surface area contributed by atoms with Crippen LogP contribution < -0.4 is 10.6 Å². The summed E-state index contributed by atoms with van der Waals surface area (Å²) in [6, 6.07) is 2.74. The van der Waals surface area contributed by atoms with E-state index in [1.165, 1.54) is 12.3 Å². The predicted octanol–water partition coefficient (Wildman–Crippen LogP) is 1.55. The molecule has 19 heavy (non-hydrogen) atoms. The number of aromatic carboxylic acids is 1. The van der Waals surface area contributed by atoms with Crippen molar-refractivity contribution >= 4 is 12.0 Å². The summed E-state index contributed by atoms with van der Waals surface area (Å²) >= 11 is 0. The minimum absolute atomic E-state index is 0.0169. The summed E-state index contributed by atoms with van der Waals surface area (Å²) in [4.78, 5) is 25.8. The number of amides is 2. The summed E-state index contributed by atoms with van der Waals surface area (Å²) in [6.45, 7) is 4.68. The van der Waals surface area contributed by atoms with Crippen molar-refractivity contribution in [2.45, 2.75) is 20.4 Å². The molecule has 0 aliphatic heterocycles. The largest absolute Gasteiger partial charge is 0.477 e. The molecule has 0 fully saturated rings. The molecule has 2 amide bonds. The lowest BCUT2D eigenvalue weighted by atomic mass is 10.2. The molecule has 0 bridgehead atoms. The Morgan fingerprint density at radius 2 is 2.05 bits per heavy atom. The van der Waals surface area contributed by atoms with Gasteiger partial charge in [-0.3, -0.25) is 0 Å². The second kappa shape index (κ2) is 7.15. The van der Waals surface area contributed by atoms with Crippen LogP contribution in [0.15, 0.2) is 30.0 Å². The maximum absolute atomic E-state index is 11.4. The SMILES string of the molecule is CC(C)=CCNC(=O)NCc1ccc(C(=O)O)nc1. The van der Waals surface area contributed by atoms with Gasteiger partial charge in [-0.2, -0.15) is 0 Å². The van der Waals surface area contributed by atoms with Crippen LogP contribution in [-0.2, 0) is 6.54 Å². The number of carboxylic acid groups (broad SMARTS) is 1. The number of urea groups is 1. The van der Waals surface area contributed by atoms with E-state index in [0.717, 1.165) is 11.1 Å². The molecule has 0 saturated heterocycles. The van der Waals surface area contributed by atoms with Gasteiger partial charge < -0.3 is 15.7 Å². The second-order valence-corrected chi connectivity index (χ2v) is 4.20. The first-order chi connectivity index (χ1) is 8.99. The van der Waals surface area contributed by atoms with Gasteiger partial charge in [-0.1, -0.05) is 17.7 Å². The van der Waals surface area contributed by atoms with Crippen LogP contribution in [0.5, 0.6) is 0 Å². The molecule has 0 aromatic carbocycles. The number of rotatable bonds is 5. The maximum Gasteiger partial charge on any atom is 0.354 e. The fourth-order valence-electron chi connectivity index (χ4n) is 1.25. The number of carboxylic acids is 1. The monoisotopic (exact) mass is 263 g/mol. The summed E-state index contributed by atoms with van der Waals surface area (Å²) in [6.07, 6.45) is 3.34. The highest BCUT2D eigenvalue weighted by atomic mass is 16.4. The van der Waals surface area contributed by atoms with E-state index in [1.54, 1.807) is 6.07 Å². The number of hydrogen-bond donors (Lipinski definition) is 3. The van der Waals surface area contributed by atoms with E-state index in [0.29, 0.717) is 13.1 Å². The fourth-order valence-corrected chi connectivity index (χ4v) is 1.25. The average molecular weight is 263 g/mol. The summed E-state index contributed by atoms with van der Waals surface area (Å²) in [5.41, 5.74) is 1.85. The molecule has 1 rings (SSSR count). The molecule has 1 aromatic heterocycles. The fraction of sp³-hybridized carbons (Fsp3) is 0.308. The Morgan fingerprint density at radius 1 is 1.32 bits per heavy atom. The Hall–Kier alpha value is -2.37. The highest BCUT2D eigenvalue weighted by Crippen LogP contribution is 1.99. The minimum Gasteiger partial charge on any atom is -0.477 e. The Bertz CT molecular complexity index is 476. The van der Waals surface area contributed by atoms with Crippen molar-refractivity contribution in [2.24, 2.45) is 0 Å². The summed E-state index contributed by atoms with van der Waals surface area (Å²) in [5.74, 6) is -1.07. The first kappa shape index (κ1) is 14.7. The van der Waals surface area contributed by atoms with E-state index in [9.17, 15) is 9.59 Å². The molecule has 102 valence electrons. The van der Waals surface area contributed by atoms with Gasteiger partial charge in [-0.15, -0.1) is 0 Å². The summed E-state index contributed by atoms with van der Waals surface area (Å²) in [5, 5.41) is 14.0. The standard InChI is InChI=1S/C13H17N3O3/c1-9(2)5-6-14-13(19)16-8-10-3-4-11(12(17)18)15-7-10/h3-5,7H,6,8H2,1-2H3,(H,17,18)(H2,14,16,19). The van der Waals surface area contributed by atoms with Crippen LogP contribution in [0.25, 0.3) is 0 Å². The Kier molecular flexibility index (Phi) is 5.53. The number of hydrogen-bond acceptors (Lipinski definition) is 3. The molecule has 6 heteroatoms. The van der Waals surface area contributed by atoms with E-state index in [2.05, 4.69) is 15.6 Å². The van der Waals surface area contributed by atoms with Crippen LogP contribution in [0.2, 0.25) is 0 Å². The van der Waals surface area contributed by atoms with E-state index in [1.807, 2.05) is 19.9 Å². The van der Waals surface area contributed by atoms with Gasteiger partial charge >= 0.3 is 12.0 Å². The highest BCUT2D eigenvalue weighted by Gasteiger charge is 2.04. The third kappa shape index (κ3) is 5.67. The number of nitrogens with zero attached hydrogens (tertiary/aromatic N) is 1. The van der Waals surface area contributed by atoms with Crippen LogP contribution in [-0.4, -0.2) is 28.6 Å².